The molecule has 0 radical (unpaired) electrons. The number of anilines is 4. The van der Waals surface area contributed by atoms with Gasteiger partial charge in [-0.1, -0.05) is 32.5 Å². The minimum atomic E-state index is -0.259. The van der Waals surface area contributed by atoms with E-state index in [1.807, 2.05) is 36.4 Å². The highest BCUT2D eigenvalue weighted by molar-refractivity contribution is 9.10. The first-order valence-electron chi connectivity index (χ1n) is 14.3. The Labute approximate surface area is 264 Å². The van der Waals surface area contributed by atoms with E-state index in [4.69, 9.17) is 4.98 Å². The van der Waals surface area contributed by atoms with Crippen LogP contribution in [0.5, 0.6) is 0 Å². The Balaban J connectivity index is 1.48. The zero-order valence-electron chi connectivity index (χ0n) is 24.6. The van der Waals surface area contributed by atoms with Crippen molar-refractivity contribution in [1.29, 1.82) is 0 Å². The second-order valence-corrected chi connectivity index (χ2v) is 12.3. The van der Waals surface area contributed by atoms with Crippen molar-refractivity contribution in [3.8, 4) is 0 Å². The van der Waals surface area contributed by atoms with Crippen LogP contribution in [0.2, 0.25) is 0 Å². The van der Waals surface area contributed by atoms with Gasteiger partial charge >= 0.3 is 0 Å². The van der Waals surface area contributed by atoms with Crippen molar-refractivity contribution < 1.29 is 4.79 Å². The molecule has 1 amide bonds. The predicted molar refractivity (Wildman–Crippen MR) is 180 cm³/mol. The molecule has 0 bridgehead atoms. The number of hydrogen-bond donors (Lipinski definition) is 2. The van der Waals surface area contributed by atoms with Crippen LogP contribution < -0.4 is 15.5 Å². The van der Waals surface area contributed by atoms with E-state index in [0.29, 0.717) is 22.8 Å². The molecule has 3 heterocycles. The van der Waals surface area contributed by atoms with Crippen molar-refractivity contribution in [2.75, 3.05) is 28.6 Å². The Morgan fingerprint density at radius 1 is 0.977 bits per heavy atom. The van der Waals surface area contributed by atoms with E-state index < -0.39 is 0 Å². The summed E-state index contributed by atoms with van der Waals surface area (Å²) in [5, 5.41) is 7.17. The van der Waals surface area contributed by atoms with Gasteiger partial charge in [0, 0.05) is 50.5 Å². The molecule has 0 fully saturated rings. The Morgan fingerprint density at radius 3 is 2.49 bits per heavy atom. The highest BCUT2D eigenvalue weighted by atomic mass is 79.9. The van der Waals surface area contributed by atoms with Crippen LogP contribution in [-0.4, -0.2) is 38.9 Å². The van der Waals surface area contributed by atoms with Crippen molar-refractivity contribution >= 4 is 67.6 Å². The Morgan fingerprint density at radius 2 is 1.79 bits per heavy atom. The van der Waals surface area contributed by atoms with Gasteiger partial charge in [-0.05, 0) is 102 Å². The molecule has 10 heteroatoms. The summed E-state index contributed by atoms with van der Waals surface area (Å²) in [7, 11) is 0. The summed E-state index contributed by atoms with van der Waals surface area (Å²) in [6.45, 7) is 10.6. The zero-order chi connectivity index (χ0) is 30.3. The van der Waals surface area contributed by atoms with E-state index in [2.05, 4.69) is 98.4 Å². The molecule has 3 aromatic heterocycles. The molecule has 220 valence electrons. The molecule has 0 saturated carbocycles. The number of benzene rings is 2. The molecule has 2 N–H and O–H groups in total. The summed E-state index contributed by atoms with van der Waals surface area (Å²) in [4.78, 5) is 35.6. The molecule has 43 heavy (non-hydrogen) atoms. The topological polar surface area (TPSA) is 95.9 Å². The van der Waals surface area contributed by atoms with Crippen LogP contribution in [0.1, 0.15) is 56.1 Å². The van der Waals surface area contributed by atoms with Gasteiger partial charge in [0.25, 0.3) is 5.91 Å². The van der Waals surface area contributed by atoms with Crippen molar-refractivity contribution in [3.05, 3.63) is 95.0 Å². The molecule has 0 aliphatic heterocycles. The number of rotatable bonds is 11. The van der Waals surface area contributed by atoms with Crippen molar-refractivity contribution in [2.24, 2.45) is 0 Å². The number of carbonyl (C=O) groups excluding carboxylic acids is 1. The van der Waals surface area contributed by atoms with Gasteiger partial charge < -0.3 is 15.5 Å². The van der Waals surface area contributed by atoms with Crippen LogP contribution in [0, 0.1) is 0 Å². The summed E-state index contributed by atoms with van der Waals surface area (Å²) in [6.07, 6.45) is 4.26. The molecule has 2 aromatic carbocycles. The molecule has 5 aromatic rings. The van der Waals surface area contributed by atoms with Gasteiger partial charge in [-0.15, -0.1) is 0 Å². The Hall–Kier alpha value is -4.02. The third-order valence-corrected chi connectivity index (χ3v) is 8.43. The lowest BCUT2D eigenvalue weighted by Gasteiger charge is -2.22. The van der Waals surface area contributed by atoms with Crippen LogP contribution in [-0.2, 0) is 0 Å². The standard InChI is InChI=1S/C33H34BrN7OS/c1-5-17-41(6-2)24-9-11-25(12-10-24)43-29-15-7-22(33(42)40-30-16-8-23(34)19-35-30)18-28(29)39-32-26-13-14-27(21(3)4)38-31(26)36-20-37-32/h7-16,18-21H,5-6,17H2,1-4H3,(H,35,40,42)(H,36,37,38,39). The number of hydrogen-bond acceptors (Lipinski definition) is 8. The molecular formula is C33H34BrN7OS. The molecular weight excluding hydrogens is 622 g/mol. The number of nitrogens with zero attached hydrogens (tertiary/aromatic N) is 5. The number of carbonyl (C=O) groups is 1. The third kappa shape index (κ3) is 7.50. The van der Waals surface area contributed by atoms with E-state index in [1.54, 1.807) is 24.0 Å². The van der Waals surface area contributed by atoms with Crippen molar-refractivity contribution in [2.45, 2.75) is 49.8 Å². The normalized spacial score (nSPS) is 11.1. The molecule has 0 aliphatic rings. The largest absolute Gasteiger partial charge is 0.372 e. The van der Waals surface area contributed by atoms with Gasteiger partial charge in [0.05, 0.1) is 11.1 Å². The van der Waals surface area contributed by atoms with Gasteiger partial charge in [0.2, 0.25) is 0 Å². The van der Waals surface area contributed by atoms with Crippen LogP contribution in [0.25, 0.3) is 11.0 Å². The van der Waals surface area contributed by atoms with E-state index in [0.717, 1.165) is 50.5 Å². The van der Waals surface area contributed by atoms with E-state index in [9.17, 15) is 4.79 Å². The third-order valence-electron chi connectivity index (χ3n) is 6.88. The first kappa shape index (κ1) is 30.4. The number of fused-ring (bicyclic) bond motifs is 1. The van der Waals surface area contributed by atoms with E-state index in [-0.39, 0.29) is 11.8 Å². The number of aromatic nitrogens is 4. The lowest BCUT2D eigenvalue weighted by Crippen LogP contribution is -2.23. The monoisotopic (exact) mass is 655 g/mol. The quantitative estimate of drug-likeness (QED) is 0.146. The molecule has 0 aliphatic carbocycles. The van der Waals surface area contributed by atoms with E-state index in [1.165, 1.54) is 12.0 Å². The Kier molecular flexibility index (Phi) is 9.89. The first-order chi connectivity index (χ1) is 20.8. The molecule has 0 spiro atoms. The highest BCUT2D eigenvalue weighted by Gasteiger charge is 2.15. The van der Waals surface area contributed by atoms with Crippen molar-refractivity contribution in [3.63, 3.8) is 0 Å². The highest BCUT2D eigenvalue weighted by Crippen LogP contribution is 2.37. The van der Waals surface area contributed by atoms with Crippen molar-refractivity contribution in [1.82, 2.24) is 19.9 Å². The van der Waals surface area contributed by atoms with Gasteiger partial charge in [-0.3, -0.25) is 4.79 Å². The molecule has 0 atom stereocenters. The molecule has 0 saturated heterocycles. The molecule has 0 unspecified atom stereocenters. The maximum absolute atomic E-state index is 13.2. The van der Waals surface area contributed by atoms with Gasteiger partial charge in [0.1, 0.15) is 18.0 Å². The average Bonchev–Trinajstić information content (AvgIpc) is 3.02. The average molecular weight is 657 g/mol. The zero-order valence-corrected chi connectivity index (χ0v) is 27.0. The fourth-order valence-electron chi connectivity index (χ4n) is 4.59. The van der Waals surface area contributed by atoms with Crippen LogP contribution in [0.4, 0.5) is 23.0 Å². The van der Waals surface area contributed by atoms with Crippen LogP contribution in [0.3, 0.4) is 0 Å². The second-order valence-electron chi connectivity index (χ2n) is 10.3. The maximum atomic E-state index is 13.2. The van der Waals surface area contributed by atoms with Crippen LogP contribution >= 0.6 is 27.7 Å². The fourth-order valence-corrected chi connectivity index (χ4v) is 5.71. The summed E-state index contributed by atoms with van der Waals surface area (Å²) < 4.78 is 0.839. The lowest BCUT2D eigenvalue weighted by atomic mass is 10.1. The summed E-state index contributed by atoms with van der Waals surface area (Å²) in [5.41, 5.74) is 4.04. The van der Waals surface area contributed by atoms with Crippen LogP contribution in [0.15, 0.2) is 93.5 Å². The lowest BCUT2D eigenvalue weighted by molar-refractivity contribution is 0.102. The summed E-state index contributed by atoms with van der Waals surface area (Å²) in [5.74, 6) is 1.12. The van der Waals surface area contributed by atoms with Gasteiger partial charge in [-0.25, -0.2) is 19.9 Å². The number of nitrogens with one attached hydrogen (secondary N) is 2. The summed E-state index contributed by atoms with van der Waals surface area (Å²) >= 11 is 5.00. The maximum Gasteiger partial charge on any atom is 0.256 e. The molecule has 5 rings (SSSR count). The number of halogens is 1. The minimum Gasteiger partial charge on any atom is -0.372 e. The predicted octanol–water partition coefficient (Wildman–Crippen LogP) is 8.69. The SMILES string of the molecule is CCCN(CC)c1ccc(Sc2ccc(C(=O)Nc3ccc(Br)cn3)cc2Nc2ncnc3nc(C(C)C)ccc23)cc1. The fraction of sp³-hybridized carbons (Fsp3) is 0.242. The first-order valence-corrected chi connectivity index (χ1v) is 15.9. The van der Waals surface area contributed by atoms with E-state index >= 15 is 0 Å². The number of pyridine rings is 2. The second kappa shape index (κ2) is 14.0. The smallest absolute Gasteiger partial charge is 0.256 e. The minimum absolute atomic E-state index is 0.259. The number of amides is 1. The summed E-state index contributed by atoms with van der Waals surface area (Å²) in [6, 6.07) is 21.8. The molecule has 8 nitrogen and oxygen atoms in total. The Bertz CT molecular complexity index is 1710. The van der Waals surface area contributed by atoms with Gasteiger partial charge in [-0.2, -0.15) is 0 Å². The van der Waals surface area contributed by atoms with Gasteiger partial charge in [0.15, 0.2) is 5.65 Å².